The third-order valence-corrected chi connectivity index (χ3v) is 5.51. The summed E-state index contributed by atoms with van der Waals surface area (Å²) in [6, 6.07) is 9.51. The molecule has 2 aliphatic rings. The van der Waals surface area contributed by atoms with Crippen molar-refractivity contribution in [2.45, 2.75) is 56.4 Å². The van der Waals surface area contributed by atoms with Gasteiger partial charge in [0.2, 0.25) is 0 Å². The predicted octanol–water partition coefficient (Wildman–Crippen LogP) is 5.18. The molecule has 2 heteroatoms. The first-order valence-electron chi connectivity index (χ1n) is 7.85. The average molecular weight is 275 g/mol. The number of hydrogen-bond acceptors (Lipinski definition) is 2. The van der Waals surface area contributed by atoms with Gasteiger partial charge < -0.3 is 5.32 Å². The van der Waals surface area contributed by atoms with Crippen molar-refractivity contribution in [2.24, 2.45) is 11.8 Å². The molecule has 0 bridgehead atoms. The number of para-hydroxylation sites is 1. The minimum absolute atomic E-state index is 0.706. The van der Waals surface area contributed by atoms with Crippen molar-refractivity contribution in [1.82, 2.24) is 0 Å². The van der Waals surface area contributed by atoms with Crippen LogP contribution in [-0.4, -0.2) is 11.8 Å². The number of thioether (sulfide) groups is 1. The van der Waals surface area contributed by atoms with Gasteiger partial charge in [-0.2, -0.15) is 0 Å². The molecule has 0 spiro atoms. The van der Waals surface area contributed by atoms with E-state index in [1.54, 1.807) is 0 Å². The predicted molar refractivity (Wildman–Crippen MR) is 84.9 cm³/mol. The third-order valence-electron chi connectivity index (χ3n) is 4.55. The fourth-order valence-electron chi connectivity index (χ4n) is 3.44. The second kappa shape index (κ2) is 6.21. The summed E-state index contributed by atoms with van der Waals surface area (Å²) < 4.78 is 0. The van der Waals surface area contributed by atoms with Gasteiger partial charge >= 0.3 is 0 Å². The summed E-state index contributed by atoms with van der Waals surface area (Å²) in [5, 5.41) is 3.83. The number of nitrogens with one attached hydrogen (secondary N) is 1. The smallest absolute Gasteiger partial charge is 0.0480 e. The highest BCUT2D eigenvalue weighted by Crippen LogP contribution is 2.44. The van der Waals surface area contributed by atoms with Gasteiger partial charge in [0.05, 0.1) is 0 Å². The van der Waals surface area contributed by atoms with Crippen LogP contribution in [-0.2, 0) is 0 Å². The molecule has 1 N–H and O–H groups in total. The Morgan fingerprint density at radius 1 is 1.11 bits per heavy atom. The van der Waals surface area contributed by atoms with E-state index in [-0.39, 0.29) is 0 Å². The first-order chi connectivity index (χ1) is 9.36. The van der Waals surface area contributed by atoms with Gasteiger partial charge in [0.15, 0.2) is 0 Å². The fourth-order valence-corrected chi connectivity index (χ4v) is 4.21. The Bertz CT molecular complexity index is 413. The lowest BCUT2D eigenvalue weighted by atomic mass is 9.82. The Balaban J connectivity index is 1.63. The lowest BCUT2D eigenvalue weighted by molar-refractivity contribution is 0.303. The number of benzene rings is 1. The molecule has 0 amide bonds. The van der Waals surface area contributed by atoms with E-state index in [0.717, 1.165) is 17.6 Å². The quantitative estimate of drug-likeness (QED) is 0.743. The first kappa shape index (κ1) is 13.4. The summed E-state index contributed by atoms with van der Waals surface area (Å²) in [5.74, 6) is 3.23. The number of anilines is 1. The highest BCUT2D eigenvalue weighted by atomic mass is 32.2. The topological polar surface area (TPSA) is 12.0 Å². The van der Waals surface area contributed by atoms with Crippen LogP contribution < -0.4 is 5.32 Å². The molecule has 2 atom stereocenters. The Morgan fingerprint density at radius 2 is 1.95 bits per heavy atom. The number of hydrogen-bond donors (Lipinski definition) is 1. The zero-order chi connectivity index (χ0) is 13.1. The van der Waals surface area contributed by atoms with E-state index in [9.17, 15) is 0 Å². The van der Waals surface area contributed by atoms with Crippen molar-refractivity contribution < 1.29 is 0 Å². The molecule has 2 aliphatic carbocycles. The minimum Gasteiger partial charge on any atom is -0.381 e. The SMILES string of the molecule is CCSc1ccccc1NC1CCCC(C2CC2)C1. The summed E-state index contributed by atoms with van der Waals surface area (Å²) in [5.41, 5.74) is 1.36. The van der Waals surface area contributed by atoms with E-state index < -0.39 is 0 Å². The minimum atomic E-state index is 0.706. The molecular formula is C17H25NS. The third kappa shape index (κ3) is 3.47. The maximum absolute atomic E-state index is 3.83. The van der Waals surface area contributed by atoms with Crippen molar-refractivity contribution in [3.63, 3.8) is 0 Å². The van der Waals surface area contributed by atoms with Gasteiger partial charge in [-0.15, -0.1) is 11.8 Å². The summed E-state index contributed by atoms with van der Waals surface area (Å²) >= 11 is 1.95. The first-order valence-corrected chi connectivity index (χ1v) is 8.83. The molecule has 0 heterocycles. The van der Waals surface area contributed by atoms with Crippen LogP contribution in [0, 0.1) is 11.8 Å². The van der Waals surface area contributed by atoms with Gasteiger partial charge in [-0.3, -0.25) is 0 Å². The fraction of sp³-hybridized carbons (Fsp3) is 0.647. The van der Waals surface area contributed by atoms with Gasteiger partial charge in [-0.25, -0.2) is 0 Å². The molecule has 1 aromatic rings. The molecule has 2 unspecified atom stereocenters. The highest BCUT2D eigenvalue weighted by Gasteiger charge is 2.34. The van der Waals surface area contributed by atoms with Crippen LogP contribution in [0.5, 0.6) is 0 Å². The van der Waals surface area contributed by atoms with E-state index in [2.05, 4.69) is 36.5 Å². The van der Waals surface area contributed by atoms with Crippen molar-refractivity contribution in [2.75, 3.05) is 11.1 Å². The van der Waals surface area contributed by atoms with Crippen molar-refractivity contribution in [3.8, 4) is 0 Å². The maximum atomic E-state index is 3.83. The average Bonchev–Trinajstić information content (AvgIpc) is 3.26. The van der Waals surface area contributed by atoms with Crippen molar-refractivity contribution in [3.05, 3.63) is 24.3 Å². The molecule has 1 nitrogen and oxygen atoms in total. The molecule has 0 radical (unpaired) electrons. The Labute approximate surface area is 121 Å². The van der Waals surface area contributed by atoms with Gasteiger partial charge in [-0.05, 0) is 55.4 Å². The molecule has 104 valence electrons. The molecule has 2 saturated carbocycles. The van der Waals surface area contributed by atoms with E-state index in [4.69, 9.17) is 0 Å². The van der Waals surface area contributed by atoms with Gasteiger partial charge in [0.25, 0.3) is 0 Å². The second-order valence-electron chi connectivity index (χ2n) is 6.03. The van der Waals surface area contributed by atoms with E-state index in [0.29, 0.717) is 6.04 Å². The zero-order valence-electron chi connectivity index (χ0n) is 11.9. The summed E-state index contributed by atoms with van der Waals surface area (Å²) in [6.45, 7) is 2.23. The van der Waals surface area contributed by atoms with Crippen LogP contribution in [0.4, 0.5) is 5.69 Å². The number of rotatable bonds is 5. The van der Waals surface area contributed by atoms with E-state index in [1.165, 1.54) is 49.1 Å². The molecule has 19 heavy (non-hydrogen) atoms. The molecular weight excluding hydrogens is 250 g/mol. The van der Waals surface area contributed by atoms with Gasteiger partial charge in [-0.1, -0.05) is 31.9 Å². The molecule has 0 aromatic heterocycles. The molecule has 3 rings (SSSR count). The normalized spacial score (nSPS) is 27.2. The maximum Gasteiger partial charge on any atom is 0.0480 e. The van der Waals surface area contributed by atoms with Crippen LogP contribution >= 0.6 is 11.8 Å². The lowest BCUT2D eigenvalue weighted by Crippen LogP contribution is -2.28. The van der Waals surface area contributed by atoms with Crippen LogP contribution in [0.1, 0.15) is 45.4 Å². The molecule has 1 aromatic carbocycles. The van der Waals surface area contributed by atoms with Crippen LogP contribution in [0.2, 0.25) is 0 Å². The molecule has 0 aliphatic heterocycles. The summed E-state index contributed by atoms with van der Waals surface area (Å²) in [6.07, 6.45) is 8.65. The van der Waals surface area contributed by atoms with Crippen LogP contribution in [0.15, 0.2) is 29.2 Å². The van der Waals surface area contributed by atoms with Crippen molar-refractivity contribution >= 4 is 17.4 Å². The lowest BCUT2D eigenvalue weighted by Gasteiger charge is -2.31. The van der Waals surface area contributed by atoms with E-state index in [1.807, 2.05) is 11.8 Å². The Morgan fingerprint density at radius 3 is 2.74 bits per heavy atom. The van der Waals surface area contributed by atoms with Crippen LogP contribution in [0.25, 0.3) is 0 Å². The Hall–Kier alpha value is -0.630. The van der Waals surface area contributed by atoms with Crippen LogP contribution in [0.3, 0.4) is 0 Å². The standard InChI is InChI=1S/C17H25NS/c1-2-19-17-9-4-3-8-16(17)18-15-7-5-6-14(12-15)13-10-11-13/h3-4,8-9,13-15,18H,2,5-7,10-12H2,1H3. The molecule has 2 fully saturated rings. The molecule has 0 saturated heterocycles. The summed E-state index contributed by atoms with van der Waals surface area (Å²) in [7, 11) is 0. The summed E-state index contributed by atoms with van der Waals surface area (Å²) in [4.78, 5) is 1.42. The monoisotopic (exact) mass is 275 g/mol. The zero-order valence-corrected chi connectivity index (χ0v) is 12.7. The second-order valence-corrected chi connectivity index (χ2v) is 7.34. The van der Waals surface area contributed by atoms with Gasteiger partial charge in [0, 0.05) is 16.6 Å². The van der Waals surface area contributed by atoms with Gasteiger partial charge in [0.1, 0.15) is 0 Å². The highest BCUT2D eigenvalue weighted by molar-refractivity contribution is 7.99. The van der Waals surface area contributed by atoms with Crippen molar-refractivity contribution in [1.29, 1.82) is 0 Å². The largest absolute Gasteiger partial charge is 0.381 e. The Kier molecular flexibility index (Phi) is 4.37. The van der Waals surface area contributed by atoms with E-state index >= 15 is 0 Å².